The zero-order valence-electron chi connectivity index (χ0n) is 16.2. The highest BCUT2D eigenvalue weighted by atomic mass is 16.2. The van der Waals surface area contributed by atoms with Crippen molar-refractivity contribution in [2.75, 3.05) is 30.4 Å². The molecule has 0 radical (unpaired) electrons. The lowest BCUT2D eigenvalue weighted by Crippen LogP contribution is -2.29. The molecule has 1 atom stereocenters. The maximum atomic E-state index is 12.0. The third kappa shape index (κ3) is 3.33. The number of carbonyl (C=O) groups is 1. The molecule has 1 aliphatic rings. The lowest BCUT2D eigenvalue weighted by Gasteiger charge is -2.21. The molecule has 8 nitrogen and oxygen atoms in total. The number of nitrogens with one attached hydrogen (secondary N) is 2. The van der Waals surface area contributed by atoms with Gasteiger partial charge in [-0.1, -0.05) is 0 Å². The Morgan fingerprint density at radius 2 is 2.04 bits per heavy atom. The quantitative estimate of drug-likeness (QED) is 0.719. The van der Waals surface area contributed by atoms with Crippen molar-refractivity contribution in [3.8, 4) is 0 Å². The van der Waals surface area contributed by atoms with Crippen LogP contribution in [0.1, 0.15) is 28.3 Å². The van der Waals surface area contributed by atoms with E-state index in [4.69, 9.17) is 0 Å². The van der Waals surface area contributed by atoms with Crippen LogP contribution < -0.4 is 15.5 Å². The number of pyridine rings is 2. The minimum atomic E-state index is -0.273. The van der Waals surface area contributed by atoms with Gasteiger partial charge in [0.05, 0.1) is 5.52 Å². The van der Waals surface area contributed by atoms with E-state index in [-0.39, 0.29) is 17.8 Å². The zero-order chi connectivity index (χ0) is 19.7. The topological polar surface area (TPSA) is 95.9 Å². The summed E-state index contributed by atoms with van der Waals surface area (Å²) in [6.45, 7) is 5.54. The van der Waals surface area contributed by atoms with Crippen molar-refractivity contribution < 1.29 is 4.79 Å². The van der Waals surface area contributed by atoms with Gasteiger partial charge in [-0.2, -0.15) is 0 Å². The standard InChI is InChI=1S/C20H23N7O/c1-12-13(2)24-18(20(28)21-3)26-19(12)27-10-7-14(11-27)25-17-15-5-4-8-22-16(15)6-9-23-17/h4-6,8-9,14H,7,10-11H2,1-3H3,(H,21,28)(H,23,25)/t14-/m1/s1. The van der Waals surface area contributed by atoms with Gasteiger partial charge in [-0.05, 0) is 38.5 Å². The van der Waals surface area contributed by atoms with Crippen LogP contribution in [0.5, 0.6) is 0 Å². The van der Waals surface area contributed by atoms with E-state index in [1.807, 2.05) is 32.0 Å². The highest BCUT2D eigenvalue weighted by molar-refractivity contribution is 5.91. The molecule has 0 spiro atoms. The van der Waals surface area contributed by atoms with Crippen molar-refractivity contribution >= 4 is 28.4 Å². The van der Waals surface area contributed by atoms with E-state index in [0.717, 1.165) is 53.3 Å². The fourth-order valence-corrected chi connectivity index (χ4v) is 3.52. The molecule has 3 aromatic rings. The summed E-state index contributed by atoms with van der Waals surface area (Å²) in [5, 5.41) is 7.16. The Morgan fingerprint density at radius 3 is 2.86 bits per heavy atom. The molecule has 0 saturated carbocycles. The first-order valence-electron chi connectivity index (χ1n) is 9.35. The third-order valence-electron chi connectivity index (χ3n) is 5.15. The highest BCUT2D eigenvalue weighted by Crippen LogP contribution is 2.26. The predicted octanol–water partition coefficient (Wildman–Crippen LogP) is 2.09. The second kappa shape index (κ2) is 7.38. The van der Waals surface area contributed by atoms with Gasteiger partial charge in [0, 0.05) is 55.2 Å². The molecular weight excluding hydrogens is 354 g/mol. The van der Waals surface area contributed by atoms with Crippen LogP contribution in [0, 0.1) is 13.8 Å². The lowest BCUT2D eigenvalue weighted by atomic mass is 10.2. The summed E-state index contributed by atoms with van der Waals surface area (Å²) in [5.41, 5.74) is 2.75. The van der Waals surface area contributed by atoms with Gasteiger partial charge in [0.15, 0.2) is 0 Å². The first kappa shape index (κ1) is 18.1. The Bertz CT molecular complexity index is 1030. The van der Waals surface area contributed by atoms with Gasteiger partial charge in [-0.3, -0.25) is 9.78 Å². The van der Waals surface area contributed by atoms with Crippen molar-refractivity contribution in [2.24, 2.45) is 0 Å². The first-order chi connectivity index (χ1) is 13.6. The van der Waals surface area contributed by atoms with Crippen molar-refractivity contribution in [2.45, 2.75) is 26.3 Å². The predicted molar refractivity (Wildman–Crippen MR) is 109 cm³/mol. The van der Waals surface area contributed by atoms with Crippen LogP contribution >= 0.6 is 0 Å². The van der Waals surface area contributed by atoms with Gasteiger partial charge in [-0.15, -0.1) is 0 Å². The number of amides is 1. The highest BCUT2D eigenvalue weighted by Gasteiger charge is 2.27. The molecule has 1 fully saturated rings. The van der Waals surface area contributed by atoms with Crippen LogP contribution in [0.3, 0.4) is 0 Å². The maximum absolute atomic E-state index is 12.0. The molecule has 4 rings (SSSR count). The molecule has 8 heteroatoms. The van der Waals surface area contributed by atoms with Gasteiger partial charge in [0.2, 0.25) is 5.82 Å². The SMILES string of the molecule is CNC(=O)c1nc(C)c(C)c(N2CC[C@@H](Nc3nccc4ncccc34)C2)n1. The summed E-state index contributed by atoms with van der Waals surface area (Å²) in [6, 6.07) is 6.09. The normalized spacial score (nSPS) is 16.4. The van der Waals surface area contributed by atoms with E-state index in [1.54, 1.807) is 19.4 Å². The van der Waals surface area contributed by atoms with Gasteiger partial charge in [0.1, 0.15) is 11.6 Å². The maximum Gasteiger partial charge on any atom is 0.288 e. The van der Waals surface area contributed by atoms with E-state index < -0.39 is 0 Å². The Balaban J connectivity index is 1.56. The fraction of sp³-hybridized carbons (Fsp3) is 0.350. The minimum Gasteiger partial charge on any atom is -0.365 e. The van der Waals surface area contributed by atoms with Crippen molar-refractivity contribution in [1.82, 2.24) is 25.3 Å². The van der Waals surface area contributed by atoms with Crippen molar-refractivity contribution in [3.63, 3.8) is 0 Å². The number of carbonyl (C=O) groups excluding carboxylic acids is 1. The molecule has 0 aromatic carbocycles. The molecule has 144 valence electrons. The molecule has 0 unspecified atom stereocenters. The van der Waals surface area contributed by atoms with Gasteiger partial charge < -0.3 is 15.5 Å². The van der Waals surface area contributed by atoms with Crippen LogP contribution in [0.4, 0.5) is 11.6 Å². The zero-order valence-corrected chi connectivity index (χ0v) is 16.2. The molecule has 28 heavy (non-hydrogen) atoms. The molecule has 1 aliphatic heterocycles. The smallest absolute Gasteiger partial charge is 0.288 e. The number of hydrogen-bond donors (Lipinski definition) is 2. The summed E-state index contributed by atoms with van der Waals surface area (Å²) < 4.78 is 0. The average Bonchev–Trinajstić information content (AvgIpc) is 3.18. The van der Waals surface area contributed by atoms with Crippen LogP contribution in [0.2, 0.25) is 0 Å². The Morgan fingerprint density at radius 1 is 1.18 bits per heavy atom. The van der Waals surface area contributed by atoms with E-state index in [2.05, 4.69) is 35.5 Å². The number of hydrogen-bond acceptors (Lipinski definition) is 7. The van der Waals surface area contributed by atoms with Crippen molar-refractivity contribution in [1.29, 1.82) is 0 Å². The number of nitrogens with zero attached hydrogens (tertiary/aromatic N) is 5. The summed E-state index contributed by atoms with van der Waals surface area (Å²) in [4.78, 5) is 31.9. The largest absolute Gasteiger partial charge is 0.365 e. The number of aryl methyl sites for hydroxylation is 1. The third-order valence-corrected chi connectivity index (χ3v) is 5.15. The molecule has 3 aromatic heterocycles. The molecular formula is C20H23N7O. The summed E-state index contributed by atoms with van der Waals surface area (Å²) in [6.07, 6.45) is 4.52. The summed E-state index contributed by atoms with van der Waals surface area (Å²) >= 11 is 0. The number of rotatable bonds is 4. The molecule has 0 bridgehead atoms. The van der Waals surface area contributed by atoms with E-state index in [9.17, 15) is 4.79 Å². The molecule has 1 amide bonds. The number of fused-ring (bicyclic) bond motifs is 1. The van der Waals surface area contributed by atoms with Crippen LogP contribution in [0.15, 0.2) is 30.6 Å². The first-order valence-corrected chi connectivity index (χ1v) is 9.35. The Labute approximate surface area is 163 Å². The lowest BCUT2D eigenvalue weighted by molar-refractivity contribution is 0.0952. The molecule has 1 saturated heterocycles. The molecule has 0 aliphatic carbocycles. The second-order valence-corrected chi connectivity index (χ2v) is 6.97. The Hall–Kier alpha value is -3.29. The second-order valence-electron chi connectivity index (χ2n) is 6.97. The minimum absolute atomic E-state index is 0.207. The van der Waals surface area contributed by atoms with Crippen molar-refractivity contribution in [3.05, 3.63) is 47.7 Å². The van der Waals surface area contributed by atoms with Crippen LogP contribution in [-0.4, -0.2) is 52.0 Å². The van der Waals surface area contributed by atoms with E-state index in [0.29, 0.717) is 0 Å². The molecule has 2 N–H and O–H groups in total. The van der Waals surface area contributed by atoms with Gasteiger partial charge in [-0.25, -0.2) is 15.0 Å². The van der Waals surface area contributed by atoms with E-state index in [1.165, 1.54) is 0 Å². The van der Waals surface area contributed by atoms with Gasteiger partial charge >= 0.3 is 0 Å². The monoisotopic (exact) mass is 377 g/mol. The Kier molecular flexibility index (Phi) is 4.77. The van der Waals surface area contributed by atoms with Crippen LogP contribution in [-0.2, 0) is 0 Å². The van der Waals surface area contributed by atoms with E-state index >= 15 is 0 Å². The number of aromatic nitrogens is 4. The summed E-state index contributed by atoms with van der Waals surface area (Å²) in [7, 11) is 1.59. The molecule has 4 heterocycles. The fourth-order valence-electron chi connectivity index (χ4n) is 3.52. The van der Waals surface area contributed by atoms with Crippen LogP contribution in [0.25, 0.3) is 10.9 Å². The average molecular weight is 377 g/mol. The number of anilines is 2. The van der Waals surface area contributed by atoms with Gasteiger partial charge in [0.25, 0.3) is 5.91 Å². The summed E-state index contributed by atoms with van der Waals surface area (Å²) in [5.74, 6) is 1.60.